The van der Waals surface area contributed by atoms with Crippen LogP contribution in [-0.4, -0.2) is 72.2 Å². The Bertz CT molecular complexity index is 1160. The Kier molecular flexibility index (Phi) is 7.92. The van der Waals surface area contributed by atoms with Crippen LogP contribution in [-0.2, 0) is 11.2 Å². The zero-order chi connectivity index (χ0) is 24.9. The molecule has 0 unspecified atom stereocenters. The third-order valence-corrected chi connectivity index (χ3v) is 6.64. The number of aromatic nitrogens is 4. The van der Waals surface area contributed by atoms with E-state index >= 15 is 0 Å². The van der Waals surface area contributed by atoms with Crippen molar-refractivity contribution in [1.29, 1.82) is 0 Å². The molecule has 10 heteroatoms. The molecule has 9 nitrogen and oxygen atoms in total. The van der Waals surface area contributed by atoms with Gasteiger partial charge in [0.25, 0.3) is 0 Å². The standard InChI is InChI=1S/C25H33N7O2S/c1-16-14-21(30-29-16)26-23-22(34-5)24(32(4)13-12-31(2)3)28-25(27-23)35-19-10-6-17(7-11-19)15-20(33)18-8-9-18/h6-7,10-11,14,18H,8-9,12-13,15H2,1-5H3,(H2,26,27,28,29,30). The second-order valence-corrected chi connectivity index (χ2v) is 10.2. The molecule has 35 heavy (non-hydrogen) atoms. The number of ketones is 1. The van der Waals surface area contributed by atoms with Crippen LogP contribution in [0.1, 0.15) is 24.1 Å². The number of carbonyl (C=O) groups excluding carboxylic acids is 1. The van der Waals surface area contributed by atoms with Gasteiger partial charge >= 0.3 is 0 Å². The van der Waals surface area contributed by atoms with Crippen molar-refractivity contribution < 1.29 is 9.53 Å². The van der Waals surface area contributed by atoms with Crippen molar-refractivity contribution in [2.45, 2.75) is 36.2 Å². The van der Waals surface area contributed by atoms with E-state index in [4.69, 9.17) is 14.7 Å². The van der Waals surface area contributed by atoms with Gasteiger partial charge in [-0.15, -0.1) is 0 Å². The van der Waals surface area contributed by atoms with Crippen molar-refractivity contribution >= 4 is 35.0 Å². The van der Waals surface area contributed by atoms with E-state index in [1.165, 1.54) is 11.8 Å². The summed E-state index contributed by atoms with van der Waals surface area (Å²) >= 11 is 1.47. The first kappa shape index (κ1) is 25.0. The molecule has 1 aliphatic carbocycles. The van der Waals surface area contributed by atoms with E-state index in [1.807, 2.05) is 58.4 Å². The first-order chi connectivity index (χ1) is 16.8. The molecule has 0 aliphatic heterocycles. The summed E-state index contributed by atoms with van der Waals surface area (Å²) in [7, 11) is 7.70. The summed E-state index contributed by atoms with van der Waals surface area (Å²) in [4.78, 5) is 26.9. The van der Waals surface area contributed by atoms with Gasteiger partial charge < -0.3 is 19.9 Å². The summed E-state index contributed by atoms with van der Waals surface area (Å²) < 4.78 is 5.74. The highest BCUT2D eigenvalue weighted by Gasteiger charge is 2.29. The predicted molar refractivity (Wildman–Crippen MR) is 139 cm³/mol. The number of likely N-dealkylation sites (N-methyl/N-ethyl adjacent to an activating group) is 2. The lowest BCUT2D eigenvalue weighted by Gasteiger charge is -2.24. The second-order valence-electron chi connectivity index (χ2n) is 9.16. The highest BCUT2D eigenvalue weighted by Crippen LogP contribution is 2.38. The van der Waals surface area contributed by atoms with Crippen LogP contribution >= 0.6 is 11.8 Å². The Labute approximate surface area is 210 Å². The normalized spacial score (nSPS) is 13.2. The third kappa shape index (κ3) is 6.73. The zero-order valence-electron chi connectivity index (χ0n) is 21.0. The number of rotatable bonds is 12. The molecule has 0 spiro atoms. The van der Waals surface area contributed by atoms with Crippen LogP contribution in [0.25, 0.3) is 0 Å². The molecule has 0 atom stereocenters. The molecule has 186 valence electrons. The van der Waals surface area contributed by atoms with Crippen molar-refractivity contribution in [1.82, 2.24) is 25.1 Å². The average molecular weight is 496 g/mol. The fourth-order valence-electron chi connectivity index (χ4n) is 3.59. The number of carbonyl (C=O) groups is 1. The Balaban J connectivity index is 1.59. The third-order valence-electron chi connectivity index (χ3n) is 5.77. The summed E-state index contributed by atoms with van der Waals surface area (Å²) in [5.74, 6) is 3.10. The minimum atomic E-state index is 0.281. The molecule has 1 fully saturated rings. The predicted octanol–water partition coefficient (Wildman–Crippen LogP) is 3.93. The largest absolute Gasteiger partial charge is 0.490 e. The fourth-order valence-corrected chi connectivity index (χ4v) is 4.34. The number of methoxy groups -OCH3 is 1. The van der Waals surface area contributed by atoms with Gasteiger partial charge in [-0.3, -0.25) is 9.89 Å². The van der Waals surface area contributed by atoms with Gasteiger partial charge in [0.05, 0.1) is 7.11 Å². The number of nitrogens with one attached hydrogen (secondary N) is 2. The topological polar surface area (TPSA) is 99.3 Å². The maximum atomic E-state index is 12.1. The maximum absolute atomic E-state index is 12.1. The Hall–Kier alpha value is -3.11. The van der Waals surface area contributed by atoms with Crippen LogP contribution in [0, 0.1) is 12.8 Å². The molecule has 0 radical (unpaired) electrons. The smallest absolute Gasteiger partial charge is 0.204 e. The summed E-state index contributed by atoms with van der Waals surface area (Å²) in [5, 5.41) is 11.1. The number of Topliss-reactive ketones (excluding diaryl/α,β-unsaturated/α-hetero) is 1. The molecule has 4 rings (SSSR count). The van der Waals surface area contributed by atoms with Crippen LogP contribution in [0.5, 0.6) is 5.75 Å². The number of aryl methyl sites for hydroxylation is 1. The zero-order valence-corrected chi connectivity index (χ0v) is 21.8. The molecule has 2 aromatic heterocycles. The van der Waals surface area contributed by atoms with Crippen molar-refractivity contribution in [3.05, 3.63) is 41.6 Å². The van der Waals surface area contributed by atoms with Gasteiger partial charge in [-0.1, -0.05) is 12.1 Å². The number of aromatic amines is 1. The summed E-state index contributed by atoms with van der Waals surface area (Å²) in [5.41, 5.74) is 1.99. The molecular weight excluding hydrogens is 462 g/mol. The van der Waals surface area contributed by atoms with Crippen molar-refractivity contribution in [3.63, 3.8) is 0 Å². The minimum Gasteiger partial charge on any atom is -0.490 e. The van der Waals surface area contributed by atoms with E-state index < -0.39 is 0 Å². The van der Waals surface area contributed by atoms with Crippen LogP contribution < -0.4 is 15.0 Å². The average Bonchev–Trinajstić information content (AvgIpc) is 3.61. The van der Waals surface area contributed by atoms with Gasteiger partial charge in [-0.2, -0.15) is 5.10 Å². The van der Waals surface area contributed by atoms with Gasteiger partial charge in [0, 0.05) is 49.1 Å². The summed E-state index contributed by atoms with van der Waals surface area (Å²) in [6, 6.07) is 9.98. The molecule has 0 saturated heterocycles. The molecular formula is C25H33N7O2S. The lowest BCUT2D eigenvalue weighted by atomic mass is 10.1. The van der Waals surface area contributed by atoms with Gasteiger partial charge in [0.15, 0.2) is 22.6 Å². The molecule has 2 N–H and O–H groups in total. The lowest BCUT2D eigenvalue weighted by Crippen LogP contribution is -2.29. The molecule has 1 aliphatic rings. The van der Waals surface area contributed by atoms with Crippen LogP contribution in [0.4, 0.5) is 17.5 Å². The second kappa shape index (κ2) is 11.1. The first-order valence-corrected chi connectivity index (χ1v) is 12.5. The van der Waals surface area contributed by atoms with E-state index in [0.717, 1.165) is 42.1 Å². The van der Waals surface area contributed by atoms with Crippen LogP contribution in [0.15, 0.2) is 40.4 Å². The van der Waals surface area contributed by atoms with E-state index in [0.29, 0.717) is 40.6 Å². The van der Waals surface area contributed by atoms with E-state index in [-0.39, 0.29) is 5.92 Å². The Morgan fingerprint density at radius 2 is 1.91 bits per heavy atom. The van der Waals surface area contributed by atoms with E-state index in [9.17, 15) is 4.79 Å². The number of nitrogens with zero attached hydrogens (tertiary/aromatic N) is 5. The monoisotopic (exact) mass is 495 g/mol. The van der Waals surface area contributed by atoms with Gasteiger partial charge in [-0.05, 0) is 63.3 Å². The summed E-state index contributed by atoms with van der Waals surface area (Å²) in [6.45, 7) is 3.59. The van der Waals surface area contributed by atoms with Crippen LogP contribution in [0.3, 0.4) is 0 Å². The number of hydrogen-bond acceptors (Lipinski definition) is 9. The Morgan fingerprint density at radius 1 is 1.17 bits per heavy atom. The molecule has 0 amide bonds. The van der Waals surface area contributed by atoms with Gasteiger partial charge in [-0.25, -0.2) is 9.97 Å². The summed E-state index contributed by atoms with van der Waals surface area (Å²) in [6.07, 6.45) is 2.59. The highest BCUT2D eigenvalue weighted by atomic mass is 32.2. The minimum absolute atomic E-state index is 0.281. The van der Waals surface area contributed by atoms with Crippen molar-refractivity contribution in [2.75, 3.05) is 51.6 Å². The molecule has 1 aromatic carbocycles. The van der Waals surface area contributed by atoms with Crippen LogP contribution in [0.2, 0.25) is 0 Å². The van der Waals surface area contributed by atoms with Gasteiger partial charge in [0.1, 0.15) is 5.78 Å². The maximum Gasteiger partial charge on any atom is 0.204 e. The molecule has 2 heterocycles. The van der Waals surface area contributed by atoms with E-state index in [1.54, 1.807) is 7.11 Å². The number of benzene rings is 1. The quantitative estimate of drug-likeness (QED) is 0.362. The first-order valence-electron chi connectivity index (χ1n) is 11.7. The highest BCUT2D eigenvalue weighted by molar-refractivity contribution is 7.99. The van der Waals surface area contributed by atoms with E-state index in [2.05, 4.69) is 25.3 Å². The molecule has 1 saturated carbocycles. The number of anilines is 3. The number of ether oxygens (including phenoxy) is 1. The number of hydrogen-bond donors (Lipinski definition) is 2. The molecule has 0 bridgehead atoms. The SMILES string of the molecule is COc1c(Nc2cc(C)[nH]n2)nc(Sc2ccc(CC(=O)C3CC3)cc2)nc1N(C)CCN(C)C. The molecule has 3 aromatic rings. The lowest BCUT2D eigenvalue weighted by molar-refractivity contribution is -0.119. The number of H-pyrrole nitrogens is 1. The van der Waals surface area contributed by atoms with Crippen molar-refractivity contribution in [3.8, 4) is 5.75 Å². The van der Waals surface area contributed by atoms with Crippen molar-refractivity contribution in [2.24, 2.45) is 5.92 Å². The fraction of sp³-hybridized carbons (Fsp3) is 0.440. The Morgan fingerprint density at radius 3 is 2.51 bits per heavy atom. The van der Waals surface area contributed by atoms with Gasteiger partial charge in [0.2, 0.25) is 5.75 Å².